The van der Waals surface area contributed by atoms with Gasteiger partial charge in [0.15, 0.2) is 0 Å². The molecule has 4 aromatic carbocycles. The second-order valence-corrected chi connectivity index (χ2v) is 10.3. The Morgan fingerprint density at radius 2 is 1.63 bits per heavy atom. The normalized spacial score (nSPS) is 14.8. The highest BCUT2D eigenvalue weighted by Crippen LogP contribution is 2.35. The topological polar surface area (TPSA) is 46.6 Å². The van der Waals surface area contributed by atoms with Gasteiger partial charge in [-0.1, -0.05) is 66.2 Å². The minimum atomic E-state index is -0.303. The Kier molecular flexibility index (Phi) is 6.95. The van der Waals surface area contributed by atoms with Crippen molar-refractivity contribution in [1.82, 2.24) is 4.90 Å². The van der Waals surface area contributed by atoms with Gasteiger partial charge in [0.2, 0.25) is 0 Å². The number of nitrogens with zero attached hydrogens (tertiary/aromatic N) is 1. The number of thioether (sulfide) groups is 1. The highest BCUT2D eigenvalue weighted by Gasteiger charge is 2.35. The summed E-state index contributed by atoms with van der Waals surface area (Å²) in [6.45, 7) is 0.650. The summed E-state index contributed by atoms with van der Waals surface area (Å²) in [5.74, 6) is 0.397. The predicted molar refractivity (Wildman–Crippen MR) is 145 cm³/mol. The van der Waals surface area contributed by atoms with E-state index in [9.17, 15) is 9.59 Å². The Morgan fingerprint density at radius 3 is 2.40 bits per heavy atom. The van der Waals surface area contributed by atoms with E-state index in [2.05, 4.69) is 46.3 Å². The van der Waals surface area contributed by atoms with Crippen LogP contribution in [0.15, 0.2) is 94.3 Å². The molecule has 0 aliphatic carbocycles. The van der Waals surface area contributed by atoms with Gasteiger partial charge in [-0.25, -0.2) is 0 Å². The summed E-state index contributed by atoms with van der Waals surface area (Å²) < 4.78 is 6.79. The van der Waals surface area contributed by atoms with Crippen LogP contribution in [0.1, 0.15) is 16.7 Å². The maximum absolute atomic E-state index is 12.8. The third kappa shape index (κ3) is 5.45. The average Bonchev–Trinajstić information content (AvgIpc) is 3.12. The zero-order valence-electron chi connectivity index (χ0n) is 18.4. The summed E-state index contributed by atoms with van der Waals surface area (Å²) in [6, 6.07) is 27.2. The van der Waals surface area contributed by atoms with E-state index in [1.54, 1.807) is 18.2 Å². The largest absolute Gasteiger partial charge is 0.488 e. The number of amides is 2. The van der Waals surface area contributed by atoms with Gasteiger partial charge in [-0.2, -0.15) is 0 Å². The van der Waals surface area contributed by atoms with Crippen LogP contribution in [0, 0.1) is 0 Å². The van der Waals surface area contributed by atoms with Crippen LogP contribution in [0.4, 0.5) is 4.79 Å². The predicted octanol–water partition coefficient (Wildman–Crippen LogP) is 8.07. The summed E-state index contributed by atoms with van der Waals surface area (Å²) >= 11 is 10.4. The van der Waals surface area contributed by atoms with Crippen LogP contribution in [0.2, 0.25) is 5.02 Å². The maximum Gasteiger partial charge on any atom is 0.293 e. The van der Waals surface area contributed by atoms with Gasteiger partial charge < -0.3 is 4.74 Å². The summed E-state index contributed by atoms with van der Waals surface area (Å²) in [6.07, 6.45) is 1.73. The number of imide groups is 1. The van der Waals surface area contributed by atoms with Gasteiger partial charge >= 0.3 is 0 Å². The van der Waals surface area contributed by atoms with Crippen molar-refractivity contribution in [3.63, 3.8) is 0 Å². The molecule has 7 heteroatoms. The molecule has 0 bridgehead atoms. The van der Waals surface area contributed by atoms with E-state index in [4.69, 9.17) is 16.3 Å². The molecule has 0 unspecified atom stereocenters. The number of carbonyl (C=O) groups is 2. The number of hydrogen-bond donors (Lipinski definition) is 0. The molecule has 0 N–H and O–H groups in total. The van der Waals surface area contributed by atoms with Crippen molar-refractivity contribution in [2.75, 3.05) is 0 Å². The van der Waals surface area contributed by atoms with Crippen molar-refractivity contribution < 1.29 is 14.3 Å². The zero-order chi connectivity index (χ0) is 24.4. The summed E-state index contributed by atoms with van der Waals surface area (Å²) in [4.78, 5) is 26.9. The van der Waals surface area contributed by atoms with E-state index in [1.807, 2.05) is 42.5 Å². The lowest BCUT2D eigenvalue weighted by Crippen LogP contribution is -2.27. The molecule has 0 spiro atoms. The molecule has 2 amide bonds. The van der Waals surface area contributed by atoms with E-state index in [0.717, 1.165) is 32.9 Å². The fourth-order valence-electron chi connectivity index (χ4n) is 3.77. The second-order valence-electron chi connectivity index (χ2n) is 8.05. The van der Waals surface area contributed by atoms with Crippen LogP contribution in [0.25, 0.3) is 16.8 Å². The first-order valence-electron chi connectivity index (χ1n) is 10.9. The molecule has 0 aromatic heterocycles. The number of fused-ring (bicyclic) bond motifs is 1. The van der Waals surface area contributed by atoms with Crippen molar-refractivity contribution in [1.29, 1.82) is 0 Å². The number of carbonyl (C=O) groups excluding carboxylic acids is 2. The number of benzene rings is 4. The average molecular weight is 565 g/mol. The van der Waals surface area contributed by atoms with E-state index in [-0.39, 0.29) is 17.7 Å². The highest BCUT2D eigenvalue weighted by molar-refractivity contribution is 9.10. The van der Waals surface area contributed by atoms with Gasteiger partial charge in [0.05, 0.1) is 15.9 Å². The minimum Gasteiger partial charge on any atom is -0.488 e. The van der Waals surface area contributed by atoms with Crippen LogP contribution in [-0.4, -0.2) is 16.0 Å². The second kappa shape index (κ2) is 10.3. The third-order valence-corrected chi connectivity index (χ3v) is 7.37. The zero-order valence-corrected chi connectivity index (χ0v) is 21.6. The number of ether oxygens (including phenoxy) is 1. The Morgan fingerprint density at radius 1 is 0.886 bits per heavy atom. The number of halogens is 2. The van der Waals surface area contributed by atoms with Gasteiger partial charge in [0.1, 0.15) is 12.4 Å². The molecule has 0 atom stereocenters. The quantitative estimate of drug-likeness (QED) is 0.222. The summed E-state index contributed by atoms with van der Waals surface area (Å²) in [5.41, 5.74) is 2.72. The Hall–Kier alpha value is -3.06. The molecule has 174 valence electrons. The SMILES string of the molecule is O=C1S/C(=C\c2ccc(OCc3ccc4ccccc4c3)c(Br)c2)C(=O)N1Cc1ccc(Cl)cc1. The lowest BCUT2D eigenvalue weighted by atomic mass is 10.1. The van der Waals surface area contributed by atoms with E-state index in [1.165, 1.54) is 15.7 Å². The van der Waals surface area contributed by atoms with Crippen molar-refractivity contribution in [3.05, 3.63) is 116 Å². The number of hydrogen-bond acceptors (Lipinski definition) is 4. The van der Waals surface area contributed by atoms with Crippen LogP contribution < -0.4 is 4.74 Å². The Labute approximate surface area is 220 Å². The summed E-state index contributed by atoms with van der Waals surface area (Å²) in [7, 11) is 0. The first kappa shape index (κ1) is 23.7. The lowest BCUT2D eigenvalue weighted by molar-refractivity contribution is -0.123. The molecule has 1 saturated heterocycles. The molecule has 4 nitrogen and oxygen atoms in total. The molecule has 0 radical (unpaired) electrons. The maximum atomic E-state index is 12.8. The first-order valence-corrected chi connectivity index (χ1v) is 12.8. The van der Waals surface area contributed by atoms with Crippen molar-refractivity contribution in [2.24, 2.45) is 0 Å². The van der Waals surface area contributed by atoms with Crippen molar-refractivity contribution in [3.8, 4) is 5.75 Å². The minimum absolute atomic E-state index is 0.213. The van der Waals surface area contributed by atoms with Gasteiger partial charge in [-0.05, 0) is 91.6 Å². The molecular formula is C28H19BrClNO3S. The Bertz CT molecular complexity index is 1470. The van der Waals surface area contributed by atoms with Crippen molar-refractivity contribution in [2.45, 2.75) is 13.2 Å². The van der Waals surface area contributed by atoms with E-state index in [0.29, 0.717) is 22.3 Å². The van der Waals surface area contributed by atoms with Gasteiger partial charge in [0.25, 0.3) is 11.1 Å². The molecule has 35 heavy (non-hydrogen) atoms. The monoisotopic (exact) mass is 563 g/mol. The molecule has 5 rings (SSSR count). The first-order chi connectivity index (χ1) is 17.0. The summed E-state index contributed by atoms with van der Waals surface area (Å²) in [5, 5.41) is 2.69. The standard InChI is InChI=1S/C28H19BrClNO3S/c29-24-14-19(8-12-25(24)34-17-20-5-9-21-3-1-2-4-22(21)13-20)15-26-27(32)31(28(33)35-26)16-18-6-10-23(30)11-7-18/h1-15H,16-17H2/b26-15-. The third-order valence-electron chi connectivity index (χ3n) is 5.59. The fourth-order valence-corrected chi connectivity index (χ4v) is 5.25. The van der Waals surface area contributed by atoms with Crippen LogP contribution >= 0.6 is 39.3 Å². The molecule has 1 aliphatic rings. The number of rotatable bonds is 6. The Balaban J connectivity index is 1.27. The molecule has 1 aliphatic heterocycles. The lowest BCUT2D eigenvalue weighted by Gasteiger charge is -2.12. The van der Waals surface area contributed by atoms with Crippen LogP contribution in [-0.2, 0) is 17.9 Å². The van der Waals surface area contributed by atoms with E-state index >= 15 is 0 Å². The molecular weight excluding hydrogens is 546 g/mol. The molecule has 1 heterocycles. The van der Waals surface area contributed by atoms with Crippen LogP contribution in [0.3, 0.4) is 0 Å². The highest BCUT2D eigenvalue weighted by atomic mass is 79.9. The molecule has 4 aromatic rings. The van der Waals surface area contributed by atoms with E-state index < -0.39 is 0 Å². The molecule has 0 saturated carbocycles. The smallest absolute Gasteiger partial charge is 0.293 e. The fraction of sp³-hybridized carbons (Fsp3) is 0.0714. The van der Waals surface area contributed by atoms with Gasteiger partial charge in [-0.3, -0.25) is 14.5 Å². The van der Waals surface area contributed by atoms with Crippen LogP contribution in [0.5, 0.6) is 5.75 Å². The van der Waals surface area contributed by atoms with Gasteiger partial charge in [-0.15, -0.1) is 0 Å². The molecule has 1 fully saturated rings. The van der Waals surface area contributed by atoms with Crippen molar-refractivity contribution >= 4 is 67.3 Å². The van der Waals surface area contributed by atoms with Gasteiger partial charge in [0, 0.05) is 5.02 Å².